The minimum Gasteiger partial charge on any atom is -0.302 e. The van der Waals surface area contributed by atoms with Crippen molar-refractivity contribution >= 4 is 12.4 Å². The number of aliphatic imine (C=N–C) groups is 2. The molecule has 2 atom stereocenters. The summed E-state index contributed by atoms with van der Waals surface area (Å²) in [5.74, 6) is 1.67. The standard InChI is InChI=1S/C16H29N3/c1-6-17-12-16(4,5)19-10-9-18-15-8-7-14(11-15)13(2)3/h6,9,12-15,19H,1,7-8,10-11H2,2-5H3/b17-12+,18-9+/t14-,15+/m1/s1. The van der Waals surface area contributed by atoms with E-state index in [0.717, 1.165) is 18.4 Å². The van der Waals surface area contributed by atoms with Crippen LogP contribution in [0.1, 0.15) is 47.0 Å². The van der Waals surface area contributed by atoms with Crippen LogP contribution in [0.3, 0.4) is 0 Å². The van der Waals surface area contributed by atoms with Gasteiger partial charge >= 0.3 is 0 Å². The van der Waals surface area contributed by atoms with Crippen molar-refractivity contribution in [3.8, 4) is 0 Å². The highest BCUT2D eigenvalue weighted by Crippen LogP contribution is 2.32. The van der Waals surface area contributed by atoms with Gasteiger partial charge in [-0.25, -0.2) is 0 Å². The highest BCUT2D eigenvalue weighted by Gasteiger charge is 2.25. The normalized spacial score (nSPS) is 24.9. The van der Waals surface area contributed by atoms with Gasteiger partial charge in [-0.05, 0) is 44.9 Å². The molecule has 0 heterocycles. The van der Waals surface area contributed by atoms with Gasteiger partial charge in [0.15, 0.2) is 0 Å². The maximum absolute atomic E-state index is 4.69. The molecule has 0 saturated heterocycles. The lowest BCUT2D eigenvalue weighted by atomic mass is 9.94. The van der Waals surface area contributed by atoms with E-state index >= 15 is 0 Å². The summed E-state index contributed by atoms with van der Waals surface area (Å²) in [6.45, 7) is 13.2. The molecule has 1 fully saturated rings. The van der Waals surface area contributed by atoms with Gasteiger partial charge < -0.3 is 5.32 Å². The molecule has 0 unspecified atom stereocenters. The average molecular weight is 263 g/mol. The third kappa shape index (κ3) is 6.15. The molecule has 0 aliphatic heterocycles. The Bertz CT molecular complexity index is 329. The fraction of sp³-hybridized carbons (Fsp3) is 0.750. The van der Waals surface area contributed by atoms with Gasteiger partial charge in [0, 0.05) is 36.8 Å². The Morgan fingerprint density at radius 1 is 1.37 bits per heavy atom. The first-order valence-electron chi connectivity index (χ1n) is 7.36. The van der Waals surface area contributed by atoms with Crippen molar-refractivity contribution < 1.29 is 0 Å². The summed E-state index contributed by atoms with van der Waals surface area (Å²) in [5.41, 5.74) is -0.115. The molecular formula is C16H29N3. The zero-order valence-corrected chi connectivity index (χ0v) is 12.9. The van der Waals surface area contributed by atoms with E-state index in [-0.39, 0.29) is 5.54 Å². The second-order valence-corrected chi connectivity index (χ2v) is 6.37. The molecule has 1 aliphatic rings. The maximum atomic E-state index is 4.69. The zero-order valence-electron chi connectivity index (χ0n) is 12.9. The molecule has 3 heteroatoms. The molecule has 3 nitrogen and oxygen atoms in total. The van der Waals surface area contributed by atoms with Crippen LogP contribution in [-0.2, 0) is 0 Å². The van der Waals surface area contributed by atoms with Crippen LogP contribution in [0.5, 0.6) is 0 Å². The van der Waals surface area contributed by atoms with Crippen molar-refractivity contribution in [1.29, 1.82) is 0 Å². The van der Waals surface area contributed by atoms with Gasteiger partial charge in [0.05, 0.1) is 0 Å². The number of nitrogens with zero attached hydrogens (tertiary/aromatic N) is 2. The summed E-state index contributed by atoms with van der Waals surface area (Å²) >= 11 is 0. The predicted molar refractivity (Wildman–Crippen MR) is 85.2 cm³/mol. The highest BCUT2D eigenvalue weighted by atomic mass is 15.0. The molecule has 0 amide bonds. The van der Waals surface area contributed by atoms with Gasteiger partial charge in [-0.15, -0.1) is 0 Å². The monoisotopic (exact) mass is 263 g/mol. The van der Waals surface area contributed by atoms with Crippen molar-refractivity contribution in [3.63, 3.8) is 0 Å². The van der Waals surface area contributed by atoms with Gasteiger partial charge in [0.25, 0.3) is 0 Å². The van der Waals surface area contributed by atoms with Crippen LogP contribution in [0.25, 0.3) is 0 Å². The van der Waals surface area contributed by atoms with Gasteiger partial charge in [0.2, 0.25) is 0 Å². The Labute approximate surface area is 118 Å². The van der Waals surface area contributed by atoms with Crippen molar-refractivity contribution in [2.75, 3.05) is 6.54 Å². The summed E-state index contributed by atoms with van der Waals surface area (Å²) < 4.78 is 0. The number of hydrogen-bond acceptors (Lipinski definition) is 3. The molecule has 0 bridgehead atoms. The van der Waals surface area contributed by atoms with Crippen LogP contribution in [0, 0.1) is 11.8 Å². The van der Waals surface area contributed by atoms with Crippen LogP contribution < -0.4 is 5.32 Å². The first-order chi connectivity index (χ1) is 8.94. The van der Waals surface area contributed by atoms with Gasteiger partial charge in [-0.2, -0.15) is 0 Å². The van der Waals surface area contributed by atoms with Crippen molar-refractivity contribution in [3.05, 3.63) is 12.8 Å². The molecular weight excluding hydrogens is 234 g/mol. The minimum atomic E-state index is -0.115. The lowest BCUT2D eigenvalue weighted by molar-refractivity contribution is 0.392. The lowest BCUT2D eigenvalue weighted by Gasteiger charge is -2.19. The SMILES string of the molecule is C=C/N=C/C(C)(C)NC/C=N/[C@H]1CC[C@@H](C(C)C)C1. The smallest absolute Gasteiger partial charge is 0.0499 e. The zero-order chi connectivity index (χ0) is 14.3. The third-order valence-electron chi connectivity index (χ3n) is 3.86. The Balaban J connectivity index is 2.28. The second-order valence-electron chi connectivity index (χ2n) is 6.37. The lowest BCUT2D eigenvalue weighted by Crippen LogP contribution is -2.41. The van der Waals surface area contributed by atoms with E-state index < -0.39 is 0 Å². The van der Waals surface area contributed by atoms with E-state index in [4.69, 9.17) is 0 Å². The summed E-state index contributed by atoms with van der Waals surface area (Å²) in [6, 6.07) is 0.541. The van der Waals surface area contributed by atoms with E-state index in [1.54, 1.807) is 6.20 Å². The number of nitrogens with one attached hydrogen (secondary N) is 1. The van der Waals surface area contributed by atoms with E-state index in [1.807, 2.05) is 12.4 Å². The Hall–Kier alpha value is -0.960. The molecule has 1 N–H and O–H groups in total. The fourth-order valence-electron chi connectivity index (χ4n) is 2.53. The molecule has 1 saturated carbocycles. The molecule has 0 aromatic carbocycles. The summed E-state index contributed by atoms with van der Waals surface area (Å²) in [6.07, 6.45) is 9.30. The highest BCUT2D eigenvalue weighted by molar-refractivity contribution is 5.70. The first-order valence-corrected chi connectivity index (χ1v) is 7.36. The van der Waals surface area contributed by atoms with Crippen molar-refractivity contribution in [2.45, 2.75) is 58.5 Å². The van der Waals surface area contributed by atoms with Gasteiger partial charge in [-0.1, -0.05) is 20.4 Å². The summed E-state index contributed by atoms with van der Waals surface area (Å²) in [4.78, 5) is 8.75. The predicted octanol–water partition coefficient (Wildman–Crippen LogP) is 3.46. The number of rotatable bonds is 7. The molecule has 19 heavy (non-hydrogen) atoms. The molecule has 108 valence electrons. The minimum absolute atomic E-state index is 0.115. The average Bonchev–Trinajstić information content (AvgIpc) is 2.81. The largest absolute Gasteiger partial charge is 0.302 e. The molecule has 0 spiro atoms. The molecule has 0 radical (unpaired) electrons. The van der Waals surface area contributed by atoms with Crippen LogP contribution in [0.2, 0.25) is 0 Å². The van der Waals surface area contributed by atoms with Crippen LogP contribution in [0.15, 0.2) is 22.8 Å². The van der Waals surface area contributed by atoms with Crippen LogP contribution in [-0.4, -0.2) is 30.6 Å². The van der Waals surface area contributed by atoms with Crippen LogP contribution >= 0.6 is 0 Å². The Kier molecular flexibility index (Phi) is 6.43. The molecule has 1 rings (SSSR count). The second kappa shape index (κ2) is 7.59. The summed E-state index contributed by atoms with van der Waals surface area (Å²) in [7, 11) is 0. The quantitative estimate of drug-likeness (QED) is 0.702. The molecule has 0 aromatic rings. The molecule has 1 aliphatic carbocycles. The van der Waals surface area contributed by atoms with E-state index in [1.165, 1.54) is 19.3 Å². The summed E-state index contributed by atoms with van der Waals surface area (Å²) in [5, 5.41) is 3.41. The van der Waals surface area contributed by atoms with Gasteiger partial charge in [0.1, 0.15) is 0 Å². The molecule has 0 aromatic heterocycles. The van der Waals surface area contributed by atoms with Crippen molar-refractivity contribution in [1.82, 2.24) is 5.32 Å². The number of hydrogen-bond donors (Lipinski definition) is 1. The topological polar surface area (TPSA) is 36.8 Å². The van der Waals surface area contributed by atoms with E-state index in [0.29, 0.717) is 6.04 Å². The Morgan fingerprint density at radius 3 is 2.68 bits per heavy atom. The van der Waals surface area contributed by atoms with Crippen LogP contribution in [0.4, 0.5) is 0 Å². The third-order valence-corrected chi connectivity index (χ3v) is 3.86. The Morgan fingerprint density at radius 2 is 2.11 bits per heavy atom. The van der Waals surface area contributed by atoms with E-state index in [9.17, 15) is 0 Å². The fourth-order valence-corrected chi connectivity index (χ4v) is 2.53. The van der Waals surface area contributed by atoms with Crippen molar-refractivity contribution in [2.24, 2.45) is 21.8 Å². The maximum Gasteiger partial charge on any atom is 0.0499 e. The van der Waals surface area contributed by atoms with Gasteiger partial charge in [-0.3, -0.25) is 9.98 Å². The van der Waals surface area contributed by atoms with E-state index in [2.05, 4.69) is 49.6 Å². The first kappa shape index (κ1) is 16.1.